The Labute approximate surface area is 162 Å². The van der Waals surface area contributed by atoms with Crippen LogP contribution < -0.4 is 14.8 Å². The minimum Gasteiger partial charge on any atom is -0.490 e. The summed E-state index contributed by atoms with van der Waals surface area (Å²) in [6.07, 6.45) is 0. The zero-order chi connectivity index (χ0) is 19.8. The molecular weight excluding hydrogens is 358 g/mol. The zero-order valence-electron chi connectivity index (χ0n) is 15.0. The van der Waals surface area contributed by atoms with Gasteiger partial charge in [0.1, 0.15) is 24.7 Å². The number of ether oxygens (including phenoxy) is 2. The van der Waals surface area contributed by atoms with E-state index in [-0.39, 0.29) is 11.5 Å². The fourth-order valence-corrected chi connectivity index (χ4v) is 2.46. The number of para-hydroxylation sites is 1. The predicted octanol–water partition coefficient (Wildman–Crippen LogP) is 4.09. The summed E-state index contributed by atoms with van der Waals surface area (Å²) in [5.41, 5.74) is 1.10. The smallest absolute Gasteiger partial charge is 0.335 e. The van der Waals surface area contributed by atoms with E-state index in [1.54, 1.807) is 36.4 Å². The molecule has 6 nitrogen and oxygen atoms in total. The highest BCUT2D eigenvalue weighted by molar-refractivity contribution is 6.04. The van der Waals surface area contributed by atoms with Crippen LogP contribution in [0.5, 0.6) is 11.5 Å². The number of carboxylic acid groups (broad SMARTS) is 1. The molecule has 3 aromatic rings. The van der Waals surface area contributed by atoms with Gasteiger partial charge in [-0.15, -0.1) is 0 Å². The van der Waals surface area contributed by atoms with E-state index in [2.05, 4.69) is 5.32 Å². The third-order valence-corrected chi connectivity index (χ3v) is 3.85. The number of nitrogens with one attached hydrogen (secondary N) is 1. The molecule has 0 aromatic heterocycles. The highest BCUT2D eigenvalue weighted by atomic mass is 16.5. The van der Waals surface area contributed by atoms with E-state index < -0.39 is 5.97 Å². The number of hydrogen-bond donors (Lipinski definition) is 2. The highest BCUT2D eigenvalue weighted by Crippen LogP contribution is 2.16. The summed E-state index contributed by atoms with van der Waals surface area (Å²) in [6.45, 7) is 0.729. The van der Waals surface area contributed by atoms with Crippen LogP contribution in [0.3, 0.4) is 0 Å². The third-order valence-electron chi connectivity index (χ3n) is 3.85. The van der Waals surface area contributed by atoms with Crippen LogP contribution in [0.1, 0.15) is 20.7 Å². The molecule has 0 aliphatic carbocycles. The van der Waals surface area contributed by atoms with E-state index >= 15 is 0 Å². The number of carboxylic acids is 1. The van der Waals surface area contributed by atoms with Gasteiger partial charge in [0.2, 0.25) is 0 Å². The number of anilines is 1. The molecule has 0 bridgehead atoms. The Balaban J connectivity index is 1.53. The SMILES string of the molecule is O=C(O)c1ccc(NC(=O)c2cccc(OCCOc3ccccc3)c2)cc1. The van der Waals surface area contributed by atoms with Crippen molar-refractivity contribution in [1.82, 2.24) is 0 Å². The van der Waals surface area contributed by atoms with Crippen molar-refractivity contribution >= 4 is 17.6 Å². The van der Waals surface area contributed by atoms with Gasteiger partial charge in [0.05, 0.1) is 5.56 Å². The standard InChI is InChI=1S/C22H19NO5/c24-21(23-18-11-9-16(10-12-18)22(25)26)17-5-4-8-20(15-17)28-14-13-27-19-6-2-1-3-7-19/h1-12,15H,13-14H2,(H,23,24)(H,25,26). The highest BCUT2D eigenvalue weighted by Gasteiger charge is 2.08. The first-order valence-electron chi connectivity index (χ1n) is 8.67. The Bertz CT molecular complexity index is 939. The largest absolute Gasteiger partial charge is 0.490 e. The molecule has 3 rings (SSSR count). The maximum atomic E-state index is 12.4. The monoisotopic (exact) mass is 377 g/mol. The van der Waals surface area contributed by atoms with E-state index in [1.807, 2.05) is 30.3 Å². The van der Waals surface area contributed by atoms with Gasteiger partial charge in [0, 0.05) is 11.3 Å². The third kappa shape index (κ3) is 5.35. The van der Waals surface area contributed by atoms with E-state index in [1.165, 1.54) is 12.1 Å². The summed E-state index contributed by atoms with van der Waals surface area (Å²) in [7, 11) is 0. The normalized spacial score (nSPS) is 10.1. The van der Waals surface area contributed by atoms with E-state index in [9.17, 15) is 9.59 Å². The van der Waals surface area contributed by atoms with Gasteiger partial charge in [-0.3, -0.25) is 4.79 Å². The van der Waals surface area contributed by atoms with Crippen LogP contribution in [0.25, 0.3) is 0 Å². The number of carbonyl (C=O) groups is 2. The molecule has 6 heteroatoms. The first-order valence-corrected chi connectivity index (χ1v) is 8.67. The van der Waals surface area contributed by atoms with Crippen LogP contribution in [-0.2, 0) is 0 Å². The van der Waals surface area contributed by atoms with Crippen molar-refractivity contribution in [2.45, 2.75) is 0 Å². The van der Waals surface area contributed by atoms with Crippen LogP contribution in [-0.4, -0.2) is 30.2 Å². The van der Waals surface area contributed by atoms with Crippen molar-refractivity contribution in [3.8, 4) is 11.5 Å². The van der Waals surface area contributed by atoms with Crippen molar-refractivity contribution in [2.75, 3.05) is 18.5 Å². The molecular formula is C22H19NO5. The van der Waals surface area contributed by atoms with Gasteiger partial charge in [0.15, 0.2) is 0 Å². The van der Waals surface area contributed by atoms with E-state index in [4.69, 9.17) is 14.6 Å². The molecule has 0 aliphatic heterocycles. The lowest BCUT2D eigenvalue weighted by atomic mass is 10.1. The van der Waals surface area contributed by atoms with Crippen molar-refractivity contribution in [2.24, 2.45) is 0 Å². The second kappa shape index (κ2) is 9.23. The van der Waals surface area contributed by atoms with Gasteiger partial charge in [0.25, 0.3) is 5.91 Å². The van der Waals surface area contributed by atoms with Crippen molar-refractivity contribution in [3.63, 3.8) is 0 Å². The van der Waals surface area contributed by atoms with Gasteiger partial charge >= 0.3 is 5.97 Å². The van der Waals surface area contributed by atoms with Crippen LogP contribution in [0.4, 0.5) is 5.69 Å². The van der Waals surface area contributed by atoms with Crippen molar-refractivity contribution in [3.05, 3.63) is 90.0 Å². The Morgan fingerprint density at radius 1 is 0.750 bits per heavy atom. The topological polar surface area (TPSA) is 84.9 Å². The van der Waals surface area contributed by atoms with Gasteiger partial charge in [-0.2, -0.15) is 0 Å². The molecule has 2 N–H and O–H groups in total. The molecule has 0 unspecified atom stereocenters. The van der Waals surface area contributed by atoms with E-state index in [0.29, 0.717) is 30.2 Å². The van der Waals surface area contributed by atoms with Gasteiger partial charge in [-0.05, 0) is 54.6 Å². The summed E-state index contributed by atoms with van der Waals surface area (Å²) in [5, 5.41) is 11.6. The van der Waals surface area contributed by atoms with Crippen molar-refractivity contribution in [1.29, 1.82) is 0 Å². The molecule has 0 saturated carbocycles. The van der Waals surface area contributed by atoms with Gasteiger partial charge in [-0.25, -0.2) is 4.79 Å². The average molecular weight is 377 g/mol. The molecule has 0 fully saturated rings. The Morgan fingerprint density at radius 3 is 2.07 bits per heavy atom. The number of hydrogen-bond acceptors (Lipinski definition) is 4. The van der Waals surface area contributed by atoms with Crippen LogP contribution in [0.15, 0.2) is 78.9 Å². The molecule has 0 aliphatic rings. The number of carbonyl (C=O) groups excluding carboxylic acids is 1. The summed E-state index contributed by atoms with van der Waals surface area (Å²) in [4.78, 5) is 23.3. The fraction of sp³-hybridized carbons (Fsp3) is 0.0909. The lowest BCUT2D eigenvalue weighted by Crippen LogP contribution is -2.13. The summed E-state index contributed by atoms with van der Waals surface area (Å²) >= 11 is 0. The van der Waals surface area contributed by atoms with Crippen LogP contribution >= 0.6 is 0 Å². The Morgan fingerprint density at radius 2 is 1.39 bits per heavy atom. The number of amides is 1. The maximum Gasteiger partial charge on any atom is 0.335 e. The lowest BCUT2D eigenvalue weighted by Gasteiger charge is -2.10. The number of aromatic carboxylic acids is 1. The number of benzene rings is 3. The quantitative estimate of drug-likeness (QED) is 0.578. The zero-order valence-corrected chi connectivity index (χ0v) is 15.0. The molecule has 0 heterocycles. The molecule has 1 amide bonds. The second-order valence-electron chi connectivity index (χ2n) is 5.87. The maximum absolute atomic E-state index is 12.4. The molecule has 0 atom stereocenters. The predicted molar refractivity (Wildman–Crippen MR) is 105 cm³/mol. The van der Waals surface area contributed by atoms with Crippen LogP contribution in [0.2, 0.25) is 0 Å². The van der Waals surface area contributed by atoms with E-state index in [0.717, 1.165) is 5.75 Å². The van der Waals surface area contributed by atoms with Gasteiger partial charge in [-0.1, -0.05) is 24.3 Å². The summed E-state index contributed by atoms with van der Waals surface area (Å²) in [5.74, 6) is 0.00622. The van der Waals surface area contributed by atoms with Crippen molar-refractivity contribution < 1.29 is 24.2 Å². The molecule has 3 aromatic carbocycles. The minimum atomic E-state index is -1.01. The molecule has 142 valence electrons. The lowest BCUT2D eigenvalue weighted by molar-refractivity contribution is 0.0696. The molecule has 0 spiro atoms. The number of rotatable bonds is 8. The minimum absolute atomic E-state index is 0.158. The second-order valence-corrected chi connectivity index (χ2v) is 5.87. The molecule has 0 radical (unpaired) electrons. The Kier molecular flexibility index (Phi) is 6.25. The van der Waals surface area contributed by atoms with Gasteiger partial charge < -0.3 is 19.9 Å². The summed E-state index contributed by atoms with van der Waals surface area (Å²) < 4.78 is 11.2. The fourth-order valence-electron chi connectivity index (χ4n) is 2.46. The summed E-state index contributed by atoms with van der Waals surface area (Å²) in [6, 6.07) is 22.2. The Hall–Kier alpha value is -3.80. The first-order chi connectivity index (χ1) is 13.6. The average Bonchev–Trinajstić information content (AvgIpc) is 2.72. The van der Waals surface area contributed by atoms with Crippen LogP contribution in [0, 0.1) is 0 Å². The molecule has 28 heavy (non-hydrogen) atoms. The first kappa shape index (κ1) is 19.0. The molecule has 0 saturated heterocycles.